The average Bonchev–Trinajstić information content (AvgIpc) is 2.33. The Morgan fingerprint density at radius 3 is 2.82 bits per heavy atom. The summed E-state index contributed by atoms with van der Waals surface area (Å²) >= 11 is 0. The lowest BCUT2D eigenvalue weighted by molar-refractivity contribution is 0.613. The molecule has 2 aromatic rings. The normalized spacial score (nSPS) is 10.7. The molecule has 1 heteroatoms. The first-order valence-corrected chi connectivity index (χ1v) is 3.72. The molecule has 0 amide bonds. The molecule has 0 saturated carbocycles. The van der Waals surface area contributed by atoms with Gasteiger partial charge in [0.25, 0.3) is 0 Å². The quantitative estimate of drug-likeness (QED) is 0.556. The van der Waals surface area contributed by atoms with Crippen molar-refractivity contribution < 1.29 is 4.42 Å². The van der Waals surface area contributed by atoms with E-state index in [4.69, 9.17) is 4.42 Å². The molecular formula is C10H10O. The standard InChI is InChI=1S/C10H10O/c1-7-3-4-10-9(5-7)8(2)6-11-10/h3-6H,1-2H3. The summed E-state index contributed by atoms with van der Waals surface area (Å²) in [7, 11) is 0. The second kappa shape index (κ2) is 2.12. The molecule has 1 heterocycles. The minimum Gasteiger partial charge on any atom is -0.464 e. The topological polar surface area (TPSA) is 13.1 Å². The lowest BCUT2D eigenvalue weighted by Gasteiger charge is -1.91. The van der Waals surface area contributed by atoms with Gasteiger partial charge in [-0.2, -0.15) is 0 Å². The Kier molecular flexibility index (Phi) is 1.25. The van der Waals surface area contributed by atoms with Crippen LogP contribution in [0, 0.1) is 13.8 Å². The predicted octanol–water partition coefficient (Wildman–Crippen LogP) is 3.05. The monoisotopic (exact) mass is 146 g/mol. The molecule has 0 bridgehead atoms. The molecule has 0 N–H and O–H groups in total. The zero-order chi connectivity index (χ0) is 7.84. The molecule has 0 aliphatic heterocycles. The minimum atomic E-state index is 0.980. The summed E-state index contributed by atoms with van der Waals surface area (Å²) in [6, 6.07) is 6.22. The van der Waals surface area contributed by atoms with Gasteiger partial charge in [-0.1, -0.05) is 11.6 Å². The van der Waals surface area contributed by atoms with Gasteiger partial charge in [-0.25, -0.2) is 0 Å². The van der Waals surface area contributed by atoms with Gasteiger partial charge >= 0.3 is 0 Å². The van der Waals surface area contributed by atoms with E-state index in [1.54, 1.807) is 6.26 Å². The van der Waals surface area contributed by atoms with Crippen LogP contribution in [0.3, 0.4) is 0 Å². The zero-order valence-corrected chi connectivity index (χ0v) is 6.72. The Balaban J connectivity index is 2.87. The molecule has 1 nitrogen and oxygen atoms in total. The number of hydrogen-bond acceptors (Lipinski definition) is 1. The van der Waals surface area contributed by atoms with Gasteiger partial charge in [0, 0.05) is 5.39 Å². The number of aryl methyl sites for hydroxylation is 2. The maximum atomic E-state index is 5.30. The van der Waals surface area contributed by atoms with Crippen LogP contribution in [-0.2, 0) is 0 Å². The fraction of sp³-hybridized carbons (Fsp3) is 0.200. The van der Waals surface area contributed by atoms with Crippen molar-refractivity contribution in [1.82, 2.24) is 0 Å². The van der Waals surface area contributed by atoms with Crippen molar-refractivity contribution in [2.75, 3.05) is 0 Å². The third-order valence-electron chi connectivity index (χ3n) is 1.92. The Labute approximate surface area is 65.6 Å². The molecule has 0 radical (unpaired) electrons. The molecule has 0 aliphatic rings. The van der Waals surface area contributed by atoms with Crippen LogP contribution >= 0.6 is 0 Å². The molecule has 0 aliphatic carbocycles. The van der Waals surface area contributed by atoms with Gasteiger partial charge in [-0.3, -0.25) is 0 Å². The summed E-state index contributed by atoms with van der Waals surface area (Å²) in [6.07, 6.45) is 1.80. The van der Waals surface area contributed by atoms with Crippen molar-refractivity contribution in [3.63, 3.8) is 0 Å². The maximum absolute atomic E-state index is 5.30. The third kappa shape index (κ3) is 0.929. The van der Waals surface area contributed by atoms with Crippen LogP contribution in [0.4, 0.5) is 0 Å². The van der Waals surface area contributed by atoms with Crippen molar-refractivity contribution in [2.24, 2.45) is 0 Å². The predicted molar refractivity (Wildman–Crippen MR) is 45.7 cm³/mol. The van der Waals surface area contributed by atoms with E-state index >= 15 is 0 Å². The van der Waals surface area contributed by atoms with Crippen LogP contribution in [-0.4, -0.2) is 0 Å². The number of hydrogen-bond donors (Lipinski definition) is 0. The first kappa shape index (κ1) is 6.47. The Morgan fingerprint density at radius 2 is 2.00 bits per heavy atom. The third-order valence-corrected chi connectivity index (χ3v) is 1.92. The summed E-state index contributed by atoms with van der Waals surface area (Å²) < 4.78 is 5.30. The second-order valence-corrected chi connectivity index (χ2v) is 2.92. The Morgan fingerprint density at radius 1 is 1.18 bits per heavy atom. The van der Waals surface area contributed by atoms with Crippen LogP contribution in [0.5, 0.6) is 0 Å². The number of rotatable bonds is 0. The van der Waals surface area contributed by atoms with Crippen LogP contribution in [0.1, 0.15) is 11.1 Å². The molecule has 0 unspecified atom stereocenters. The highest BCUT2D eigenvalue weighted by molar-refractivity contribution is 5.81. The van der Waals surface area contributed by atoms with E-state index < -0.39 is 0 Å². The van der Waals surface area contributed by atoms with E-state index in [0.717, 1.165) is 5.58 Å². The smallest absolute Gasteiger partial charge is 0.134 e. The van der Waals surface area contributed by atoms with E-state index in [0.29, 0.717) is 0 Å². The van der Waals surface area contributed by atoms with Crippen LogP contribution < -0.4 is 0 Å². The van der Waals surface area contributed by atoms with Gasteiger partial charge in [0.1, 0.15) is 5.58 Å². The molecule has 56 valence electrons. The molecule has 0 atom stereocenters. The van der Waals surface area contributed by atoms with E-state index in [1.165, 1.54) is 16.5 Å². The summed E-state index contributed by atoms with van der Waals surface area (Å²) in [5.41, 5.74) is 3.47. The minimum absolute atomic E-state index is 0.980. The number of benzene rings is 1. The fourth-order valence-electron chi connectivity index (χ4n) is 1.27. The first-order valence-electron chi connectivity index (χ1n) is 3.72. The van der Waals surface area contributed by atoms with E-state index in [9.17, 15) is 0 Å². The highest BCUT2D eigenvalue weighted by Crippen LogP contribution is 2.20. The second-order valence-electron chi connectivity index (χ2n) is 2.92. The summed E-state index contributed by atoms with van der Waals surface area (Å²) in [5, 5.41) is 1.23. The molecule has 11 heavy (non-hydrogen) atoms. The lowest BCUT2D eigenvalue weighted by Crippen LogP contribution is -1.71. The van der Waals surface area contributed by atoms with Gasteiger partial charge in [-0.05, 0) is 31.5 Å². The molecule has 0 saturated heterocycles. The average molecular weight is 146 g/mol. The van der Waals surface area contributed by atoms with Crippen LogP contribution in [0.25, 0.3) is 11.0 Å². The number of furan rings is 1. The molecule has 1 aromatic carbocycles. The van der Waals surface area contributed by atoms with Gasteiger partial charge in [0.15, 0.2) is 0 Å². The zero-order valence-electron chi connectivity index (χ0n) is 6.72. The van der Waals surface area contributed by atoms with Gasteiger partial charge in [0.05, 0.1) is 6.26 Å². The molecule has 2 rings (SSSR count). The van der Waals surface area contributed by atoms with Crippen molar-refractivity contribution in [1.29, 1.82) is 0 Å². The largest absolute Gasteiger partial charge is 0.464 e. The summed E-state index contributed by atoms with van der Waals surface area (Å²) in [5.74, 6) is 0. The maximum Gasteiger partial charge on any atom is 0.134 e. The molecule has 1 aromatic heterocycles. The summed E-state index contributed by atoms with van der Waals surface area (Å²) in [4.78, 5) is 0. The Hall–Kier alpha value is -1.24. The van der Waals surface area contributed by atoms with Crippen molar-refractivity contribution in [2.45, 2.75) is 13.8 Å². The van der Waals surface area contributed by atoms with Gasteiger partial charge < -0.3 is 4.42 Å². The van der Waals surface area contributed by atoms with E-state index in [-0.39, 0.29) is 0 Å². The van der Waals surface area contributed by atoms with Crippen LogP contribution in [0.15, 0.2) is 28.9 Å². The molecule has 0 fully saturated rings. The van der Waals surface area contributed by atoms with Crippen molar-refractivity contribution >= 4 is 11.0 Å². The Bertz CT molecular complexity index is 385. The fourth-order valence-corrected chi connectivity index (χ4v) is 1.27. The van der Waals surface area contributed by atoms with Crippen molar-refractivity contribution in [3.8, 4) is 0 Å². The van der Waals surface area contributed by atoms with Crippen molar-refractivity contribution in [3.05, 3.63) is 35.6 Å². The van der Waals surface area contributed by atoms with Gasteiger partial charge in [-0.15, -0.1) is 0 Å². The van der Waals surface area contributed by atoms with E-state index in [2.05, 4.69) is 26.0 Å². The highest BCUT2D eigenvalue weighted by atomic mass is 16.3. The first-order chi connectivity index (χ1) is 5.27. The highest BCUT2D eigenvalue weighted by Gasteiger charge is 1.99. The number of fused-ring (bicyclic) bond motifs is 1. The summed E-state index contributed by atoms with van der Waals surface area (Å²) in [6.45, 7) is 4.15. The SMILES string of the molecule is Cc1ccc2occ(C)c2c1. The van der Waals surface area contributed by atoms with Gasteiger partial charge in [0.2, 0.25) is 0 Å². The van der Waals surface area contributed by atoms with Crippen LogP contribution in [0.2, 0.25) is 0 Å². The molecular weight excluding hydrogens is 136 g/mol. The lowest BCUT2D eigenvalue weighted by atomic mass is 10.1. The van der Waals surface area contributed by atoms with E-state index in [1.807, 2.05) is 6.07 Å². The molecule has 0 spiro atoms.